The van der Waals surface area contributed by atoms with E-state index in [-0.39, 0.29) is 30.9 Å². The van der Waals surface area contributed by atoms with E-state index in [0.29, 0.717) is 6.42 Å². The van der Waals surface area contributed by atoms with Gasteiger partial charge in [0.15, 0.2) is 0 Å². The number of hydrogen-bond acceptors (Lipinski definition) is 4. The molecule has 0 unspecified atom stereocenters. The molecule has 20 heavy (non-hydrogen) atoms. The fourth-order valence-electron chi connectivity index (χ4n) is 2.03. The minimum Gasteiger partial charge on any atom is -0.352 e. The third-order valence-corrected chi connectivity index (χ3v) is 2.87. The van der Waals surface area contributed by atoms with E-state index < -0.39 is 6.03 Å². The second-order valence-corrected chi connectivity index (χ2v) is 4.74. The van der Waals surface area contributed by atoms with Gasteiger partial charge >= 0.3 is 6.03 Å². The number of hydrogen-bond donors (Lipinski definition) is 2. The summed E-state index contributed by atoms with van der Waals surface area (Å²) < 4.78 is 0. The van der Waals surface area contributed by atoms with Crippen molar-refractivity contribution >= 4 is 17.8 Å². The van der Waals surface area contributed by atoms with Gasteiger partial charge in [0.2, 0.25) is 11.8 Å². The zero-order valence-corrected chi connectivity index (χ0v) is 11.1. The van der Waals surface area contributed by atoms with Crippen molar-refractivity contribution in [3.63, 3.8) is 0 Å². The number of pyridine rings is 1. The van der Waals surface area contributed by atoms with E-state index in [2.05, 4.69) is 15.6 Å². The molecule has 1 aliphatic heterocycles. The molecule has 2 heterocycles. The maximum Gasteiger partial charge on any atom is 0.325 e. The van der Waals surface area contributed by atoms with E-state index in [0.717, 1.165) is 5.56 Å². The standard InChI is InChI=1S/C13H16N4O3/c1-9(5-10-3-2-4-14-6-10)15-11(18)7-17-8-12(19)16-13(17)20/h2-4,6,9H,5,7-8H2,1H3,(H,15,18)(H,16,19,20)/t9-/m1/s1. The lowest BCUT2D eigenvalue weighted by Gasteiger charge is -2.17. The molecule has 7 nitrogen and oxygen atoms in total. The van der Waals surface area contributed by atoms with E-state index in [4.69, 9.17) is 0 Å². The van der Waals surface area contributed by atoms with Gasteiger partial charge in [0.1, 0.15) is 13.1 Å². The number of urea groups is 1. The summed E-state index contributed by atoms with van der Waals surface area (Å²) in [5.74, 6) is -0.669. The predicted octanol–water partition coefficient (Wildman–Crippen LogP) is -0.319. The van der Waals surface area contributed by atoms with Crippen LogP contribution < -0.4 is 10.6 Å². The van der Waals surface area contributed by atoms with Crippen LogP contribution in [0, 0.1) is 0 Å². The van der Waals surface area contributed by atoms with Gasteiger partial charge in [-0.15, -0.1) is 0 Å². The molecule has 0 aliphatic carbocycles. The van der Waals surface area contributed by atoms with Crippen molar-refractivity contribution in [3.8, 4) is 0 Å². The molecule has 0 saturated carbocycles. The summed E-state index contributed by atoms with van der Waals surface area (Å²) in [5, 5.41) is 4.92. The third kappa shape index (κ3) is 3.78. The Bertz CT molecular complexity index is 518. The molecule has 2 N–H and O–H groups in total. The molecule has 0 radical (unpaired) electrons. The maximum atomic E-state index is 11.8. The summed E-state index contributed by atoms with van der Waals surface area (Å²) in [6.45, 7) is 1.69. The number of carbonyl (C=O) groups is 3. The molecule has 1 atom stereocenters. The summed E-state index contributed by atoms with van der Waals surface area (Å²) >= 11 is 0. The Labute approximate surface area is 116 Å². The molecular formula is C13H16N4O3. The maximum absolute atomic E-state index is 11.8. The van der Waals surface area contributed by atoms with Crippen molar-refractivity contribution in [2.45, 2.75) is 19.4 Å². The molecule has 1 aliphatic rings. The van der Waals surface area contributed by atoms with E-state index in [1.165, 1.54) is 4.90 Å². The number of nitrogens with zero attached hydrogens (tertiary/aromatic N) is 2. The van der Waals surface area contributed by atoms with Crippen LogP contribution in [0.25, 0.3) is 0 Å². The molecule has 2 rings (SSSR count). The lowest BCUT2D eigenvalue weighted by Crippen LogP contribution is -2.42. The predicted molar refractivity (Wildman–Crippen MR) is 70.7 cm³/mol. The molecule has 106 valence electrons. The third-order valence-electron chi connectivity index (χ3n) is 2.87. The Morgan fingerprint density at radius 1 is 1.55 bits per heavy atom. The quantitative estimate of drug-likeness (QED) is 0.721. The number of imide groups is 1. The fourth-order valence-corrected chi connectivity index (χ4v) is 2.03. The molecule has 1 aromatic heterocycles. The second kappa shape index (κ2) is 6.14. The Balaban J connectivity index is 1.79. The lowest BCUT2D eigenvalue weighted by molar-refractivity contribution is -0.122. The average molecular weight is 276 g/mol. The number of rotatable bonds is 5. The van der Waals surface area contributed by atoms with Gasteiger partial charge < -0.3 is 10.2 Å². The van der Waals surface area contributed by atoms with Crippen molar-refractivity contribution in [3.05, 3.63) is 30.1 Å². The van der Waals surface area contributed by atoms with Gasteiger partial charge in [-0.25, -0.2) is 4.79 Å². The fraction of sp³-hybridized carbons (Fsp3) is 0.385. The van der Waals surface area contributed by atoms with Gasteiger partial charge in [-0.2, -0.15) is 0 Å². The molecule has 0 spiro atoms. The highest BCUT2D eigenvalue weighted by Crippen LogP contribution is 2.02. The molecule has 0 bridgehead atoms. The number of aromatic nitrogens is 1. The van der Waals surface area contributed by atoms with Gasteiger partial charge in [-0.05, 0) is 25.0 Å². The van der Waals surface area contributed by atoms with Crippen LogP contribution in [-0.2, 0) is 16.0 Å². The summed E-state index contributed by atoms with van der Waals surface area (Å²) in [7, 11) is 0. The monoisotopic (exact) mass is 276 g/mol. The first-order valence-corrected chi connectivity index (χ1v) is 6.31. The molecule has 0 aromatic carbocycles. The first-order valence-electron chi connectivity index (χ1n) is 6.31. The Morgan fingerprint density at radius 3 is 2.95 bits per heavy atom. The smallest absolute Gasteiger partial charge is 0.325 e. The van der Waals surface area contributed by atoms with Crippen LogP contribution in [0.5, 0.6) is 0 Å². The van der Waals surface area contributed by atoms with Crippen molar-refractivity contribution in [2.24, 2.45) is 0 Å². The van der Waals surface area contributed by atoms with Crippen molar-refractivity contribution < 1.29 is 14.4 Å². The molecule has 1 fully saturated rings. The van der Waals surface area contributed by atoms with Crippen LogP contribution in [0.3, 0.4) is 0 Å². The zero-order valence-electron chi connectivity index (χ0n) is 11.1. The van der Waals surface area contributed by atoms with Crippen LogP contribution >= 0.6 is 0 Å². The zero-order chi connectivity index (χ0) is 14.5. The van der Waals surface area contributed by atoms with Crippen LogP contribution in [0.15, 0.2) is 24.5 Å². The Hall–Kier alpha value is -2.44. The van der Waals surface area contributed by atoms with E-state index in [1.807, 2.05) is 19.1 Å². The lowest BCUT2D eigenvalue weighted by atomic mass is 10.1. The highest BCUT2D eigenvalue weighted by atomic mass is 16.2. The second-order valence-electron chi connectivity index (χ2n) is 4.74. The highest BCUT2D eigenvalue weighted by molar-refractivity contribution is 6.03. The van der Waals surface area contributed by atoms with Gasteiger partial charge in [0.05, 0.1) is 0 Å². The molecule has 1 aromatic rings. The topological polar surface area (TPSA) is 91.4 Å². The van der Waals surface area contributed by atoms with Crippen molar-refractivity contribution in [2.75, 3.05) is 13.1 Å². The summed E-state index contributed by atoms with van der Waals surface area (Å²) in [4.78, 5) is 39.3. The van der Waals surface area contributed by atoms with E-state index in [1.54, 1.807) is 12.4 Å². The summed E-state index contributed by atoms with van der Waals surface area (Å²) in [5.41, 5.74) is 1.02. The Morgan fingerprint density at radius 2 is 2.35 bits per heavy atom. The van der Waals surface area contributed by atoms with Crippen LogP contribution in [-0.4, -0.2) is 46.9 Å². The summed E-state index contributed by atoms with van der Waals surface area (Å²) in [6, 6.07) is 3.17. The number of amides is 4. The minimum atomic E-state index is -0.523. The van der Waals surface area contributed by atoms with Gasteiger partial charge in [-0.3, -0.25) is 19.9 Å². The van der Waals surface area contributed by atoms with Crippen LogP contribution in [0.2, 0.25) is 0 Å². The minimum absolute atomic E-state index is 0.0662. The van der Waals surface area contributed by atoms with Gasteiger partial charge in [0, 0.05) is 18.4 Å². The summed E-state index contributed by atoms with van der Waals surface area (Å²) in [6.07, 6.45) is 4.09. The normalized spacial score (nSPS) is 15.9. The van der Waals surface area contributed by atoms with Crippen LogP contribution in [0.1, 0.15) is 12.5 Å². The first kappa shape index (κ1) is 14.0. The van der Waals surface area contributed by atoms with Crippen LogP contribution in [0.4, 0.5) is 4.79 Å². The van der Waals surface area contributed by atoms with Gasteiger partial charge in [-0.1, -0.05) is 6.07 Å². The molecule has 4 amide bonds. The van der Waals surface area contributed by atoms with E-state index in [9.17, 15) is 14.4 Å². The van der Waals surface area contributed by atoms with Crippen molar-refractivity contribution in [1.82, 2.24) is 20.5 Å². The number of carbonyl (C=O) groups excluding carboxylic acids is 3. The molecule has 1 saturated heterocycles. The first-order chi connectivity index (χ1) is 9.54. The molecule has 7 heteroatoms. The van der Waals surface area contributed by atoms with E-state index >= 15 is 0 Å². The highest BCUT2D eigenvalue weighted by Gasteiger charge is 2.28. The Kier molecular flexibility index (Phi) is 4.29. The largest absolute Gasteiger partial charge is 0.352 e. The molecular weight excluding hydrogens is 260 g/mol. The SMILES string of the molecule is C[C@H](Cc1cccnc1)NC(=O)CN1CC(=O)NC1=O. The van der Waals surface area contributed by atoms with Gasteiger partial charge in [0.25, 0.3) is 0 Å². The average Bonchev–Trinajstić information content (AvgIpc) is 2.68. The number of nitrogens with one attached hydrogen (secondary N) is 2. The van der Waals surface area contributed by atoms with Crippen molar-refractivity contribution in [1.29, 1.82) is 0 Å².